The number of hydrogen-bond acceptors (Lipinski definition) is 2. The number of rotatable bonds is 4. The van der Waals surface area contributed by atoms with Gasteiger partial charge in [-0.05, 0) is 58.7 Å². The first-order chi connectivity index (χ1) is 9.79. The van der Waals surface area contributed by atoms with Gasteiger partial charge in [0.2, 0.25) is 10.0 Å². The summed E-state index contributed by atoms with van der Waals surface area (Å²) >= 11 is 8.95. The minimum absolute atomic E-state index is 0.0159. The summed E-state index contributed by atoms with van der Waals surface area (Å²) in [5, 5.41) is 0.529. The van der Waals surface area contributed by atoms with Crippen LogP contribution in [-0.4, -0.2) is 8.42 Å². The van der Waals surface area contributed by atoms with Crippen molar-refractivity contribution >= 4 is 37.6 Å². The van der Waals surface area contributed by atoms with Crippen molar-refractivity contribution in [3.8, 4) is 0 Å². The Bertz CT molecular complexity index is 767. The Labute approximate surface area is 136 Å². The molecule has 2 aromatic carbocycles. The molecule has 2 rings (SSSR count). The van der Waals surface area contributed by atoms with Crippen LogP contribution < -0.4 is 4.72 Å². The maximum Gasteiger partial charge on any atom is 0.242 e. The van der Waals surface area contributed by atoms with E-state index in [1.807, 2.05) is 0 Å². The molecule has 3 nitrogen and oxygen atoms in total. The lowest BCUT2D eigenvalue weighted by Gasteiger charge is -2.15. The molecular weight excluding hydrogens is 381 g/mol. The molecule has 0 bridgehead atoms. The Balaban J connectivity index is 2.29. The molecule has 1 atom stereocenters. The summed E-state index contributed by atoms with van der Waals surface area (Å²) in [4.78, 5) is -0.0159. The molecule has 1 unspecified atom stereocenters. The lowest BCUT2D eigenvalue weighted by Crippen LogP contribution is -2.27. The molecule has 1 N–H and O–H groups in total. The van der Waals surface area contributed by atoms with Crippen molar-refractivity contribution in [2.45, 2.75) is 17.9 Å². The normalized spacial score (nSPS) is 13.1. The fourth-order valence-corrected chi connectivity index (χ4v) is 4.31. The van der Waals surface area contributed by atoms with Gasteiger partial charge in [-0.15, -0.1) is 0 Å². The first-order valence-corrected chi connectivity index (χ1v) is 8.68. The molecule has 2 aromatic rings. The van der Waals surface area contributed by atoms with Crippen molar-refractivity contribution in [1.82, 2.24) is 4.72 Å². The van der Waals surface area contributed by atoms with Crippen molar-refractivity contribution in [3.05, 3.63) is 63.3 Å². The Morgan fingerprint density at radius 1 is 1.24 bits per heavy atom. The largest absolute Gasteiger partial charge is 0.242 e. The molecule has 0 spiro atoms. The van der Waals surface area contributed by atoms with Crippen molar-refractivity contribution in [2.75, 3.05) is 0 Å². The molecule has 21 heavy (non-hydrogen) atoms. The van der Waals surface area contributed by atoms with Crippen molar-refractivity contribution in [2.24, 2.45) is 0 Å². The average molecular weight is 393 g/mol. The number of benzene rings is 2. The van der Waals surface area contributed by atoms with Gasteiger partial charge >= 0.3 is 0 Å². The molecule has 0 radical (unpaired) electrons. The summed E-state index contributed by atoms with van der Waals surface area (Å²) in [6.45, 7) is 1.71. The van der Waals surface area contributed by atoms with Crippen LogP contribution in [0.1, 0.15) is 18.5 Å². The molecule has 112 valence electrons. The summed E-state index contributed by atoms with van der Waals surface area (Å²) in [6, 6.07) is 9.88. The molecule has 0 saturated heterocycles. The molecular formula is C14H12BrClFNO2S. The van der Waals surface area contributed by atoms with E-state index < -0.39 is 21.9 Å². The third kappa shape index (κ3) is 4.03. The van der Waals surface area contributed by atoms with Gasteiger partial charge in [0.1, 0.15) is 5.82 Å². The van der Waals surface area contributed by atoms with E-state index in [4.69, 9.17) is 11.6 Å². The van der Waals surface area contributed by atoms with Gasteiger partial charge in [0, 0.05) is 15.5 Å². The van der Waals surface area contributed by atoms with Gasteiger partial charge in [0.25, 0.3) is 0 Å². The zero-order valence-corrected chi connectivity index (χ0v) is 14.1. The maximum atomic E-state index is 13.0. The van der Waals surface area contributed by atoms with Crippen LogP contribution in [0.5, 0.6) is 0 Å². The molecule has 0 aromatic heterocycles. The van der Waals surface area contributed by atoms with E-state index in [1.165, 1.54) is 6.07 Å². The highest BCUT2D eigenvalue weighted by molar-refractivity contribution is 9.10. The third-order valence-electron chi connectivity index (χ3n) is 2.86. The van der Waals surface area contributed by atoms with Crippen molar-refractivity contribution in [3.63, 3.8) is 0 Å². The second-order valence-electron chi connectivity index (χ2n) is 4.47. The second kappa shape index (κ2) is 6.44. The number of hydrogen-bond donors (Lipinski definition) is 1. The van der Waals surface area contributed by atoms with Crippen LogP contribution >= 0.6 is 27.5 Å². The van der Waals surface area contributed by atoms with E-state index >= 15 is 0 Å². The highest BCUT2D eigenvalue weighted by atomic mass is 79.9. The molecule has 0 heterocycles. The van der Waals surface area contributed by atoms with E-state index in [1.54, 1.807) is 31.2 Å². The lowest BCUT2D eigenvalue weighted by atomic mass is 10.1. The van der Waals surface area contributed by atoms with Gasteiger partial charge in [-0.3, -0.25) is 0 Å². The standard InChI is InChI=1S/C14H12BrClFNO2S/c1-9(10-3-2-4-11(16)7-10)18-21(19,20)14-6-5-12(17)8-13(14)15/h2-9,18H,1H3. The first-order valence-electron chi connectivity index (χ1n) is 6.02. The Kier molecular flexibility index (Phi) is 5.03. The van der Waals surface area contributed by atoms with E-state index in [-0.39, 0.29) is 9.37 Å². The smallest absolute Gasteiger partial charge is 0.207 e. The van der Waals surface area contributed by atoms with E-state index in [0.717, 1.165) is 17.7 Å². The summed E-state index contributed by atoms with van der Waals surface area (Å²) in [5.41, 5.74) is 0.740. The summed E-state index contributed by atoms with van der Waals surface area (Å²) in [5.74, 6) is -0.510. The first kappa shape index (κ1) is 16.4. The van der Waals surface area contributed by atoms with Gasteiger partial charge in [0.15, 0.2) is 0 Å². The minimum atomic E-state index is -3.77. The molecule has 7 heteroatoms. The molecule has 0 aliphatic heterocycles. The fraction of sp³-hybridized carbons (Fsp3) is 0.143. The summed E-state index contributed by atoms with van der Waals surface area (Å²) < 4.78 is 40.4. The predicted octanol–water partition coefficient (Wildman–Crippen LogP) is 4.28. The lowest BCUT2D eigenvalue weighted by molar-refractivity contribution is 0.565. The van der Waals surface area contributed by atoms with Crippen LogP contribution in [-0.2, 0) is 10.0 Å². The second-order valence-corrected chi connectivity index (χ2v) is 7.45. The highest BCUT2D eigenvalue weighted by Gasteiger charge is 2.21. The molecule has 0 fully saturated rings. The average Bonchev–Trinajstić information content (AvgIpc) is 2.37. The molecule has 0 saturated carbocycles. The third-order valence-corrected chi connectivity index (χ3v) is 5.62. The van der Waals surface area contributed by atoms with E-state index in [2.05, 4.69) is 20.7 Å². The van der Waals surface area contributed by atoms with Gasteiger partial charge in [-0.25, -0.2) is 17.5 Å². The number of nitrogens with one attached hydrogen (secondary N) is 1. The van der Waals surface area contributed by atoms with Crippen LogP contribution in [0.15, 0.2) is 51.8 Å². The number of sulfonamides is 1. The Hall–Kier alpha value is -0.950. The van der Waals surface area contributed by atoms with Crippen molar-refractivity contribution < 1.29 is 12.8 Å². The quantitative estimate of drug-likeness (QED) is 0.844. The maximum absolute atomic E-state index is 13.0. The summed E-state index contributed by atoms with van der Waals surface area (Å²) in [7, 11) is -3.77. The van der Waals surface area contributed by atoms with Gasteiger partial charge < -0.3 is 0 Å². The minimum Gasteiger partial charge on any atom is -0.207 e. The zero-order chi connectivity index (χ0) is 15.6. The fourth-order valence-electron chi connectivity index (χ4n) is 1.83. The Morgan fingerprint density at radius 3 is 2.57 bits per heavy atom. The van der Waals surface area contributed by atoms with Crippen LogP contribution in [0.3, 0.4) is 0 Å². The number of halogens is 3. The van der Waals surface area contributed by atoms with Crippen LogP contribution in [0, 0.1) is 5.82 Å². The predicted molar refractivity (Wildman–Crippen MR) is 84.3 cm³/mol. The Morgan fingerprint density at radius 2 is 1.95 bits per heavy atom. The van der Waals surface area contributed by atoms with Crippen molar-refractivity contribution in [1.29, 1.82) is 0 Å². The van der Waals surface area contributed by atoms with E-state index in [9.17, 15) is 12.8 Å². The zero-order valence-electron chi connectivity index (χ0n) is 11.0. The van der Waals surface area contributed by atoms with Gasteiger partial charge in [-0.2, -0.15) is 0 Å². The van der Waals surface area contributed by atoms with Crippen LogP contribution in [0.2, 0.25) is 5.02 Å². The highest BCUT2D eigenvalue weighted by Crippen LogP contribution is 2.25. The molecule has 0 aliphatic carbocycles. The SMILES string of the molecule is CC(NS(=O)(=O)c1ccc(F)cc1Br)c1cccc(Cl)c1. The summed E-state index contributed by atoms with van der Waals surface area (Å²) in [6.07, 6.45) is 0. The van der Waals surface area contributed by atoms with Gasteiger partial charge in [0.05, 0.1) is 4.90 Å². The molecule has 0 amide bonds. The topological polar surface area (TPSA) is 46.2 Å². The van der Waals surface area contributed by atoms with E-state index in [0.29, 0.717) is 5.02 Å². The van der Waals surface area contributed by atoms with Gasteiger partial charge in [-0.1, -0.05) is 23.7 Å². The monoisotopic (exact) mass is 391 g/mol. The van der Waals surface area contributed by atoms with Crippen LogP contribution in [0.25, 0.3) is 0 Å². The van der Waals surface area contributed by atoms with Crippen LogP contribution in [0.4, 0.5) is 4.39 Å². The molecule has 0 aliphatic rings.